The molecule has 0 heterocycles. The van der Waals surface area contributed by atoms with Gasteiger partial charge in [0.05, 0.1) is 0 Å². The Labute approximate surface area is 156 Å². The first-order valence-corrected chi connectivity index (χ1v) is 18.3. The highest BCUT2D eigenvalue weighted by molar-refractivity contribution is 6.87. The monoisotopic (exact) mass is 402 g/mol. The van der Waals surface area contributed by atoms with Gasteiger partial charge in [0.1, 0.15) is 0 Å². The molecule has 25 heavy (non-hydrogen) atoms. The number of halogens is 1. The molecule has 0 aromatic heterocycles. The Balaban J connectivity index is 2.63. The van der Waals surface area contributed by atoms with Gasteiger partial charge in [-0.2, -0.15) is 0 Å². The quantitative estimate of drug-likeness (QED) is 0.486. The van der Waals surface area contributed by atoms with E-state index in [9.17, 15) is 9.50 Å². The Morgan fingerprint density at radius 3 is 2.04 bits per heavy atom. The molecule has 0 unspecified atom stereocenters. The van der Waals surface area contributed by atoms with Crippen LogP contribution in [0.15, 0.2) is 18.2 Å². The van der Waals surface area contributed by atoms with E-state index in [-0.39, 0.29) is 5.75 Å². The van der Waals surface area contributed by atoms with Crippen LogP contribution in [0.4, 0.5) is 4.39 Å². The number of benzene rings is 1. The molecule has 0 saturated carbocycles. The van der Waals surface area contributed by atoms with Gasteiger partial charge in [-0.1, -0.05) is 25.8 Å². The second-order valence-electron chi connectivity index (χ2n) is 8.51. The number of aromatic hydroxyl groups is 1. The molecule has 1 aromatic carbocycles. The summed E-state index contributed by atoms with van der Waals surface area (Å²) in [7, 11) is -5.76. The molecule has 1 rings (SSSR count). The van der Waals surface area contributed by atoms with Gasteiger partial charge in [-0.3, -0.25) is 0 Å². The normalized spacial score (nSPS) is 13.3. The summed E-state index contributed by atoms with van der Waals surface area (Å²) in [5.41, 5.74) is 0.900. The van der Waals surface area contributed by atoms with Gasteiger partial charge in [-0.25, -0.2) is 4.39 Å². The molecule has 0 saturated heterocycles. The molecule has 0 aliphatic carbocycles. The van der Waals surface area contributed by atoms with Gasteiger partial charge >= 0.3 is 8.56 Å². The van der Waals surface area contributed by atoms with Gasteiger partial charge in [-0.05, 0) is 75.5 Å². The largest absolute Gasteiger partial charge is 0.505 e. The van der Waals surface area contributed by atoms with Crippen LogP contribution in [0.3, 0.4) is 0 Å². The molecule has 0 spiro atoms. The summed E-state index contributed by atoms with van der Waals surface area (Å²) in [6.45, 7) is 15.5. The predicted octanol–water partition coefficient (Wildman–Crippen LogP) is 6.02. The topological polar surface area (TPSA) is 38.7 Å². The van der Waals surface area contributed by atoms with Gasteiger partial charge in [0.2, 0.25) is 0 Å². The van der Waals surface area contributed by atoms with Crippen LogP contribution in [-0.4, -0.2) is 30.3 Å². The maximum Gasteiger partial charge on any atom is 0.311 e. The van der Waals surface area contributed by atoms with Crippen LogP contribution < -0.4 is 0 Å². The fourth-order valence-electron chi connectivity index (χ4n) is 3.21. The zero-order chi connectivity index (χ0) is 19.3. The van der Waals surface area contributed by atoms with E-state index < -0.39 is 31.0 Å². The molecular formula is C18H35FO3Si3. The SMILES string of the molecule is CCCC[Si](C)(C)O[Si](C)(C)O[Si](C)(C)CCc1ccc(O)c(F)c1. The van der Waals surface area contributed by atoms with Crippen molar-refractivity contribution in [1.82, 2.24) is 0 Å². The molecule has 0 atom stereocenters. The van der Waals surface area contributed by atoms with E-state index in [0.29, 0.717) is 0 Å². The first-order chi connectivity index (χ1) is 11.4. The van der Waals surface area contributed by atoms with E-state index in [1.165, 1.54) is 31.0 Å². The van der Waals surface area contributed by atoms with Crippen LogP contribution in [0.5, 0.6) is 5.75 Å². The lowest BCUT2D eigenvalue weighted by Crippen LogP contribution is -2.52. The first kappa shape index (κ1) is 22.6. The van der Waals surface area contributed by atoms with E-state index in [2.05, 4.69) is 46.2 Å². The second kappa shape index (κ2) is 8.94. The molecule has 1 aromatic rings. The second-order valence-corrected chi connectivity index (χ2v) is 21.0. The van der Waals surface area contributed by atoms with Crippen LogP contribution in [0.2, 0.25) is 51.4 Å². The number of hydrogen-bond donors (Lipinski definition) is 1. The lowest BCUT2D eigenvalue weighted by Gasteiger charge is -2.38. The Morgan fingerprint density at radius 1 is 0.960 bits per heavy atom. The van der Waals surface area contributed by atoms with Crippen molar-refractivity contribution < 1.29 is 17.7 Å². The smallest absolute Gasteiger partial charge is 0.311 e. The van der Waals surface area contributed by atoms with Gasteiger partial charge in [0, 0.05) is 0 Å². The lowest BCUT2D eigenvalue weighted by molar-refractivity contribution is 0.387. The Hall–Kier alpha value is -0.479. The van der Waals surface area contributed by atoms with Gasteiger partial charge < -0.3 is 13.3 Å². The highest BCUT2D eigenvalue weighted by Crippen LogP contribution is 2.27. The number of rotatable bonds is 10. The summed E-state index contributed by atoms with van der Waals surface area (Å²) < 4.78 is 26.6. The molecule has 144 valence electrons. The van der Waals surface area contributed by atoms with Crippen molar-refractivity contribution in [2.24, 2.45) is 0 Å². The summed E-state index contributed by atoms with van der Waals surface area (Å²) in [4.78, 5) is 0. The highest BCUT2D eigenvalue weighted by atomic mass is 28.5. The standard InChI is InChI=1S/C18H35FO3Si3/c1-8-9-13-23(2,3)21-25(6,7)22-24(4,5)14-12-16-10-11-18(20)17(19)15-16/h10-11,15,20H,8-9,12-14H2,1-7H3. The molecule has 0 amide bonds. The molecule has 7 heteroatoms. The van der Waals surface area contributed by atoms with Crippen molar-refractivity contribution in [3.05, 3.63) is 29.6 Å². The third-order valence-electron chi connectivity index (χ3n) is 4.20. The number of unbranched alkanes of at least 4 members (excludes halogenated alkanes) is 1. The van der Waals surface area contributed by atoms with E-state index >= 15 is 0 Å². The molecular weight excluding hydrogens is 367 g/mol. The van der Waals surface area contributed by atoms with E-state index in [1.54, 1.807) is 6.07 Å². The zero-order valence-electron chi connectivity index (χ0n) is 16.9. The van der Waals surface area contributed by atoms with E-state index in [4.69, 9.17) is 8.23 Å². The van der Waals surface area contributed by atoms with Gasteiger partial charge in [0.25, 0.3) is 0 Å². The van der Waals surface area contributed by atoms with Crippen LogP contribution in [0, 0.1) is 5.82 Å². The minimum Gasteiger partial charge on any atom is -0.505 e. The van der Waals surface area contributed by atoms with Crippen molar-refractivity contribution >= 4 is 25.2 Å². The van der Waals surface area contributed by atoms with Crippen molar-refractivity contribution in [3.63, 3.8) is 0 Å². The number of phenols is 1. The molecule has 0 fully saturated rings. The summed E-state index contributed by atoms with van der Waals surface area (Å²) in [5.74, 6) is -0.850. The van der Waals surface area contributed by atoms with E-state index in [0.717, 1.165) is 18.0 Å². The summed E-state index contributed by atoms with van der Waals surface area (Å²) in [6, 6.07) is 6.71. The third kappa shape index (κ3) is 8.63. The minimum absolute atomic E-state index is 0.294. The fraction of sp³-hybridized carbons (Fsp3) is 0.667. The maximum absolute atomic E-state index is 13.5. The van der Waals surface area contributed by atoms with Crippen LogP contribution in [0.1, 0.15) is 25.3 Å². The number of aryl methyl sites for hydroxylation is 1. The Morgan fingerprint density at radius 2 is 1.52 bits per heavy atom. The molecule has 0 aliphatic rings. The van der Waals surface area contributed by atoms with Crippen LogP contribution in [-0.2, 0) is 14.7 Å². The number of phenolic OH excluding ortho intramolecular Hbond substituents is 1. The average molecular weight is 403 g/mol. The molecule has 0 radical (unpaired) electrons. The van der Waals surface area contributed by atoms with Crippen molar-refractivity contribution in [3.8, 4) is 5.75 Å². The van der Waals surface area contributed by atoms with Crippen molar-refractivity contribution in [2.75, 3.05) is 0 Å². The van der Waals surface area contributed by atoms with E-state index in [1.807, 2.05) is 0 Å². The predicted molar refractivity (Wildman–Crippen MR) is 111 cm³/mol. The lowest BCUT2D eigenvalue weighted by atomic mass is 10.1. The highest BCUT2D eigenvalue weighted by Gasteiger charge is 2.39. The Bertz CT molecular complexity index is 562. The van der Waals surface area contributed by atoms with Crippen LogP contribution >= 0.6 is 0 Å². The fourth-order valence-corrected chi connectivity index (χ4v) is 17.3. The summed E-state index contributed by atoms with van der Waals surface area (Å²) in [6.07, 6.45) is 3.18. The summed E-state index contributed by atoms with van der Waals surface area (Å²) in [5, 5.41) is 9.30. The van der Waals surface area contributed by atoms with Crippen LogP contribution in [0.25, 0.3) is 0 Å². The molecule has 3 nitrogen and oxygen atoms in total. The maximum atomic E-state index is 13.5. The Kier molecular flexibility index (Phi) is 8.07. The molecule has 0 aliphatic heterocycles. The summed E-state index contributed by atoms with van der Waals surface area (Å²) >= 11 is 0. The third-order valence-corrected chi connectivity index (χ3v) is 15.6. The minimum atomic E-state index is -2.17. The van der Waals surface area contributed by atoms with Gasteiger partial charge in [-0.15, -0.1) is 0 Å². The van der Waals surface area contributed by atoms with Crippen molar-refractivity contribution in [1.29, 1.82) is 0 Å². The molecule has 0 bridgehead atoms. The molecule has 1 N–H and O–H groups in total. The number of hydrogen-bond acceptors (Lipinski definition) is 3. The first-order valence-electron chi connectivity index (χ1n) is 9.23. The zero-order valence-corrected chi connectivity index (χ0v) is 19.9. The average Bonchev–Trinajstić information content (AvgIpc) is 2.44. The van der Waals surface area contributed by atoms with Crippen molar-refractivity contribution in [2.45, 2.75) is 77.6 Å². The van der Waals surface area contributed by atoms with Gasteiger partial charge in [0.15, 0.2) is 28.2 Å².